The molecule has 0 saturated heterocycles. The second kappa shape index (κ2) is 10.6. The van der Waals surface area contributed by atoms with E-state index in [-0.39, 0.29) is 42.5 Å². The van der Waals surface area contributed by atoms with Crippen LogP contribution in [-0.2, 0) is 23.9 Å². The third kappa shape index (κ3) is 4.60. The van der Waals surface area contributed by atoms with Crippen molar-refractivity contribution in [1.82, 2.24) is 0 Å². The number of hydrogen-bond donors (Lipinski definition) is 2. The Kier molecular flexibility index (Phi) is 8.06. The van der Waals surface area contributed by atoms with Crippen LogP contribution >= 0.6 is 0 Å². The number of rotatable bonds is 12. The van der Waals surface area contributed by atoms with Gasteiger partial charge in [0.25, 0.3) is 6.47 Å². The van der Waals surface area contributed by atoms with Crippen LogP contribution in [0.5, 0.6) is 0 Å². The van der Waals surface area contributed by atoms with Crippen LogP contribution in [0.3, 0.4) is 0 Å². The van der Waals surface area contributed by atoms with Crippen molar-refractivity contribution in [2.45, 2.75) is 109 Å². The fourth-order valence-corrected chi connectivity index (χ4v) is 8.01. The lowest BCUT2D eigenvalue weighted by Crippen LogP contribution is -2.51. The molecule has 4 rings (SSSR count). The summed E-state index contributed by atoms with van der Waals surface area (Å²) in [5.74, 6) is -1.54. The topological polar surface area (TPSA) is 110 Å². The van der Waals surface area contributed by atoms with Crippen LogP contribution in [0.15, 0.2) is 23.3 Å². The Morgan fingerprint density at radius 1 is 1.14 bits per heavy atom. The van der Waals surface area contributed by atoms with Crippen molar-refractivity contribution >= 4 is 18.2 Å². The Labute approximate surface area is 220 Å². The molecule has 7 atom stereocenters. The standard InChI is InChI=1S/C30H44O7/c1-5-6-7-8-9-10-11-12-25(33)37-24-15-21-22(26-28(3,4)30(24,26)36-18-32)14-20(17-31)16-29(35)23(21)13-19(2)27(29)34/h13-14,18,21-24,26,31,35H,5-12,15-17H2,1-4H3. The van der Waals surface area contributed by atoms with Gasteiger partial charge in [-0.2, -0.15) is 0 Å². The van der Waals surface area contributed by atoms with Crippen LogP contribution in [0.1, 0.15) is 91.9 Å². The van der Waals surface area contributed by atoms with Crippen LogP contribution in [0, 0.1) is 29.1 Å². The van der Waals surface area contributed by atoms with Gasteiger partial charge in [-0.3, -0.25) is 14.4 Å². The number of carbonyl (C=O) groups excluding carboxylic acids is 3. The molecule has 7 heteroatoms. The molecule has 7 nitrogen and oxygen atoms in total. The van der Waals surface area contributed by atoms with Gasteiger partial charge in [-0.15, -0.1) is 0 Å². The first-order chi connectivity index (χ1) is 17.6. The molecule has 7 unspecified atom stereocenters. The lowest BCUT2D eigenvalue weighted by atomic mass is 9.67. The molecule has 0 aromatic carbocycles. The van der Waals surface area contributed by atoms with E-state index in [0.29, 0.717) is 30.5 Å². The molecule has 4 aliphatic carbocycles. The van der Waals surface area contributed by atoms with Crippen molar-refractivity contribution in [3.63, 3.8) is 0 Å². The Bertz CT molecular complexity index is 965. The first kappa shape index (κ1) is 28.0. The smallest absolute Gasteiger partial charge is 0.306 e. The van der Waals surface area contributed by atoms with Crippen molar-refractivity contribution in [3.8, 4) is 0 Å². The van der Waals surface area contributed by atoms with E-state index >= 15 is 0 Å². The largest absolute Gasteiger partial charge is 0.458 e. The van der Waals surface area contributed by atoms with Crippen molar-refractivity contribution in [2.24, 2.45) is 29.1 Å². The summed E-state index contributed by atoms with van der Waals surface area (Å²) in [7, 11) is 0. The molecule has 206 valence electrons. The van der Waals surface area contributed by atoms with Crippen molar-refractivity contribution in [2.75, 3.05) is 6.61 Å². The van der Waals surface area contributed by atoms with E-state index in [1.54, 1.807) is 6.92 Å². The lowest BCUT2D eigenvalue weighted by Gasteiger charge is -2.42. The summed E-state index contributed by atoms with van der Waals surface area (Å²) in [6, 6.07) is 0. The maximum Gasteiger partial charge on any atom is 0.306 e. The maximum atomic E-state index is 13.0. The summed E-state index contributed by atoms with van der Waals surface area (Å²) in [6.45, 7) is 8.14. The average Bonchev–Trinajstić information content (AvgIpc) is 3.32. The highest BCUT2D eigenvalue weighted by molar-refractivity contribution is 6.04. The van der Waals surface area contributed by atoms with Crippen LogP contribution in [0.25, 0.3) is 0 Å². The maximum absolute atomic E-state index is 13.0. The Hall–Kier alpha value is -1.99. The minimum absolute atomic E-state index is 0.0746. The predicted octanol–water partition coefficient (Wildman–Crippen LogP) is 4.44. The number of aliphatic hydroxyl groups excluding tert-OH is 1. The van der Waals surface area contributed by atoms with E-state index in [2.05, 4.69) is 6.92 Å². The minimum Gasteiger partial charge on any atom is -0.458 e. The molecule has 0 heterocycles. The fourth-order valence-electron chi connectivity index (χ4n) is 8.01. The van der Waals surface area contributed by atoms with Crippen molar-refractivity contribution < 1.29 is 34.1 Å². The molecule has 0 spiro atoms. The Morgan fingerprint density at radius 3 is 2.46 bits per heavy atom. The monoisotopic (exact) mass is 516 g/mol. The molecular weight excluding hydrogens is 472 g/mol. The summed E-state index contributed by atoms with van der Waals surface area (Å²) in [5.41, 5.74) is -1.91. The summed E-state index contributed by atoms with van der Waals surface area (Å²) >= 11 is 0. The highest BCUT2D eigenvalue weighted by Gasteiger charge is 2.83. The number of fused-ring (bicyclic) bond motifs is 5. The SMILES string of the molecule is CCCCCCCCCC(=O)OC1CC2C(C=C(CO)CC3(O)C(=O)C(C)=CC23)C2C(C)(C)C12OC=O. The van der Waals surface area contributed by atoms with Gasteiger partial charge in [0.15, 0.2) is 11.4 Å². The van der Waals surface area contributed by atoms with Gasteiger partial charge < -0.3 is 19.7 Å². The lowest BCUT2D eigenvalue weighted by molar-refractivity contribution is -0.178. The van der Waals surface area contributed by atoms with E-state index in [1.165, 1.54) is 25.7 Å². The number of aliphatic hydroxyl groups is 2. The molecule has 0 aliphatic heterocycles. The van der Waals surface area contributed by atoms with E-state index in [1.807, 2.05) is 26.0 Å². The quantitative estimate of drug-likeness (QED) is 0.171. The summed E-state index contributed by atoms with van der Waals surface area (Å²) in [6.07, 6.45) is 11.7. The molecule has 0 radical (unpaired) electrons. The second-order valence-corrected chi connectivity index (χ2v) is 12.3. The highest BCUT2D eigenvalue weighted by Crippen LogP contribution is 2.75. The van der Waals surface area contributed by atoms with Gasteiger partial charge in [-0.1, -0.05) is 71.4 Å². The van der Waals surface area contributed by atoms with E-state index in [9.17, 15) is 24.6 Å². The Balaban J connectivity index is 1.56. The molecule has 37 heavy (non-hydrogen) atoms. The van der Waals surface area contributed by atoms with E-state index in [0.717, 1.165) is 19.3 Å². The summed E-state index contributed by atoms with van der Waals surface area (Å²) < 4.78 is 11.9. The van der Waals surface area contributed by atoms with Crippen molar-refractivity contribution in [3.05, 3.63) is 23.3 Å². The molecular formula is C30H44O7. The third-order valence-electron chi connectivity index (χ3n) is 9.83. The zero-order valence-electron chi connectivity index (χ0n) is 22.8. The minimum atomic E-state index is -1.62. The van der Waals surface area contributed by atoms with Crippen LogP contribution < -0.4 is 0 Å². The zero-order valence-corrected chi connectivity index (χ0v) is 22.8. The third-order valence-corrected chi connectivity index (χ3v) is 9.83. The molecule has 0 aromatic heterocycles. The average molecular weight is 517 g/mol. The summed E-state index contributed by atoms with van der Waals surface area (Å²) in [5, 5.41) is 21.7. The van der Waals surface area contributed by atoms with Crippen LogP contribution in [0.4, 0.5) is 0 Å². The normalized spacial score (nSPS) is 37.4. The van der Waals surface area contributed by atoms with E-state index in [4.69, 9.17) is 9.47 Å². The number of esters is 1. The number of allylic oxidation sites excluding steroid dienone is 1. The first-order valence-electron chi connectivity index (χ1n) is 14.1. The van der Waals surface area contributed by atoms with Crippen LogP contribution in [0.2, 0.25) is 0 Å². The first-order valence-corrected chi connectivity index (χ1v) is 14.1. The number of unbranched alkanes of at least 4 members (excludes halogenated alkanes) is 6. The second-order valence-electron chi connectivity index (χ2n) is 12.3. The molecule has 4 aliphatic rings. The summed E-state index contributed by atoms with van der Waals surface area (Å²) in [4.78, 5) is 37.7. The molecule has 2 saturated carbocycles. The molecule has 0 bridgehead atoms. The van der Waals surface area contributed by atoms with Crippen molar-refractivity contribution in [1.29, 1.82) is 0 Å². The molecule has 2 N–H and O–H groups in total. The van der Waals surface area contributed by atoms with Gasteiger partial charge in [-0.25, -0.2) is 0 Å². The molecule has 0 aromatic rings. The number of Topliss-reactive ketones (excluding diaryl/α,β-unsaturated/α-hetero) is 1. The molecule has 0 amide bonds. The Morgan fingerprint density at radius 2 is 1.81 bits per heavy atom. The number of ether oxygens (including phenoxy) is 2. The van der Waals surface area contributed by atoms with Gasteiger partial charge in [0.05, 0.1) is 6.61 Å². The molecule has 2 fully saturated rings. The fraction of sp³-hybridized carbons (Fsp3) is 0.767. The predicted molar refractivity (Wildman–Crippen MR) is 138 cm³/mol. The van der Waals surface area contributed by atoms with E-state index < -0.39 is 28.6 Å². The zero-order chi connectivity index (χ0) is 27.0. The van der Waals surface area contributed by atoms with Gasteiger partial charge in [-0.05, 0) is 42.7 Å². The van der Waals surface area contributed by atoms with Gasteiger partial charge in [0, 0.05) is 30.1 Å². The van der Waals surface area contributed by atoms with Gasteiger partial charge >= 0.3 is 5.97 Å². The number of ketones is 1. The van der Waals surface area contributed by atoms with Gasteiger partial charge in [0.2, 0.25) is 0 Å². The highest BCUT2D eigenvalue weighted by atomic mass is 16.6. The number of hydrogen-bond acceptors (Lipinski definition) is 7. The van der Waals surface area contributed by atoms with Gasteiger partial charge in [0.1, 0.15) is 11.7 Å². The number of carbonyl (C=O) groups is 3. The van der Waals surface area contributed by atoms with Crippen LogP contribution in [-0.4, -0.2) is 52.4 Å².